The van der Waals surface area contributed by atoms with E-state index in [9.17, 15) is 5.11 Å². The first-order chi connectivity index (χ1) is 8.97. The minimum absolute atomic E-state index is 0.423. The van der Waals surface area contributed by atoms with Crippen LogP contribution in [-0.4, -0.2) is 5.11 Å². The van der Waals surface area contributed by atoms with Gasteiger partial charge >= 0.3 is 0 Å². The molecule has 0 fully saturated rings. The quantitative estimate of drug-likeness (QED) is 0.639. The molecule has 2 aromatic rings. The molecular weight excluding hydrogens is 417 g/mol. The van der Waals surface area contributed by atoms with Crippen LogP contribution in [0.2, 0.25) is 15.1 Å². The van der Waals surface area contributed by atoms with Gasteiger partial charge in [-0.1, -0.05) is 40.9 Å². The molecule has 0 aliphatic rings. The van der Waals surface area contributed by atoms with Crippen LogP contribution < -0.4 is 0 Å². The van der Waals surface area contributed by atoms with Crippen LogP contribution in [0, 0.1) is 3.57 Å². The van der Waals surface area contributed by atoms with Crippen molar-refractivity contribution in [1.82, 2.24) is 0 Å². The molecule has 2 aromatic carbocycles. The zero-order chi connectivity index (χ0) is 14.0. The van der Waals surface area contributed by atoms with Crippen LogP contribution in [0.3, 0.4) is 0 Å². The summed E-state index contributed by atoms with van der Waals surface area (Å²) in [6, 6.07) is 10.7. The number of halogens is 4. The lowest BCUT2D eigenvalue weighted by Gasteiger charge is -2.14. The van der Waals surface area contributed by atoms with E-state index in [2.05, 4.69) is 22.6 Å². The fourth-order valence-electron chi connectivity index (χ4n) is 1.78. The molecule has 0 saturated carbocycles. The largest absolute Gasteiger partial charge is 0.388 e. The van der Waals surface area contributed by atoms with Crippen molar-refractivity contribution in [2.24, 2.45) is 0 Å². The van der Waals surface area contributed by atoms with Gasteiger partial charge in [-0.15, -0.1) is 0 Å². The zero-order valence-corrected chi connectivity index (χ0v) is 14.1. The van der Waals surface area contributed by atoms with E-state index in [4.69, 9.17) is 34.8 Å². The van der Waals surface area contributed by atoms with E-state index in [1.54, 1.807) is 24.3 Å². The Bertz CT molecular complexity index is 601. The zero-order valence-electron chi connectivity index (χ0n) is 9.71. The third kappa shape index (κ3) is 3.99. The predicted octanol–water partition coefficient (Wildman–Crippen LogP) is 5.53. The Morgan fingerprint density at radius 1 is 1.00 bits per heavy atom. The van der Waals surface area contributed by atoms with E-state index >= 15 is 0 Å². The molecule has 100 valence electrons. The molecule has 1 unspecified atom stereocenters. The maximum atomic E-state index is 10.3. The Labute approximate surface area is 140 Å². The van der Waals surface area contributed by atoms with Gasteiger partial charge in [-0.25, -0.2) is 0 Å². The molecule has 5 heteroatoms. The summed E-state index contributed by atoms with van der Waals surface area (Å²) in [5.74, 6) is 0. The van der Waals surface area contributed by atoms with Gasteiger partial charge in [-0.3, -0.25) is 0 Å². The van der Waals surface area contributed by atoms with Crippen molar-refractivity contribution in [2.75, 3.05) is 0 Å². The Hall–Kier alpha value is -0.000000000000000111. The van der Waals surface area contributed by atoms with Crippen molar-refractivity contribution in [3.63, 3.8) is 0 Å². The molecule has 0 amide bonds. The average Bonchev–Trinajstić information content (AvgIpc) is 2.35. The number of hydrogen-bond acceptors (Lipinski definition) is 1. The minimum atomic E-state index is -0.649. The van der Waals surface area contributed by atoms with E-state index < -0.39 is 6.10 Å². The van der Waals surface area contributed by atoms with Gasteiger partial charge in [-0.05, 0) is 64.0 Å². The molecule has 0 aliphatic carbocycles. The van der Waals surface area contributed by atoms with Crippen molar-refractivity contribution >= 4 is 57.4 Å². The predicted molar refractivity (Wildman–Crippen MR) is 89.3 cm³/mol. The van der Waals surface area contributed by atoms with Gasteiger partial charge < -0.3 is 5.11 Å². The summed E-state index contributed by atoms with van der Waals surface area (Å²) in [7, 11) is 0. The van der Waals surface area contributed by atoms with Gasteiger partial charge in [0, 0.05) is 25.1 Å². The molecule has 0 aromatic heterocycles. The second-order valence-corrected chi connectivity index (χ2v) is 6.56. The van der Waals surface area contributed by atoms with Crippen molar-refractivity contribution in [3.8, 4) is 0 Å². The Morgan fingerprint density at radius 2 is 1.63 bits per heavy atom. The summed E-state index contributed by atoms with van der Waals surface area (Å²) in [6.45, 7) is 0. The molecule has 0 aliphatic heterocycles. The van der Waals surface area contributed by atoms with Crippen LogP contribution in [0.25, 0.3) is 0 Å². The molecule has 0 radical (unpaired) electrons. The maximum absolute atomic E-state index is 10.3. The summed E-state index contributed by atoms with van der Waals surface area (Å²) in [6.07, 6.45) is -0.226. The monoisotopic (exact) mass is 426 g/mol. The lowest BCUT2D eigenvalue weighted by molar-refractivity contribution is 0.177. The van der Waals surface area contributed by atoms with Gasteiger partial charge in [0.1, 0.15) is 0 Å². The van der Waals surface area contributed by atoms with Gasteiger partial charge in [0.15, 0.2) is 0 Å². The molecule has 1 N–H and O–H groups in total. The van der Waals surface area contributed by atoms with Crippen LogP contribution in [0.1, 0.15) is 17.2 Å². The topological polar surface area (TPSA) is 20.2 Å². The lowest BCUT2D eigenvalue weighted by Crippen LogP contribution is -2.04. The lowest BCUT2D eigenvalue weighted by atomic mass is 10.0. The van der Waals surface area contributed by atoms with Crippen molar-refractivity contribution in [3.05, 3.63) is 66.2 Å². The Balaban J connectivity index is 2.25. The highest BCUT2D eigenvalue weighted by atomic mass is 127. The standard InChI is InChI=1S/C14H10Cl3IO/c15-9-3-4-13(18)11(6-9)14(19)5-8-1-2-10(16)7-12(8)17/h1-4,6-7,14,19H,5H2. The Kier molecular flexibility index (Phi) is 5.37. The van der Waals surface area contributed by atoms with Crippen LogP contribution in [0.4, 0.5) is 0 Å². The molecule has 19 heavy (non-hydrogen) atoms. The molecule has 1 nitrogen and oxygen atoms in total. The third-order valence-corrected chi connectivity index (χ3v) is 4.55. The second-order valence-electron chi connectivity index (χ2n) is 4.12. The fraction of sp³-hybridized carbons (Fsp3) is 0.143. The number of aliphatic hydroxyl groups excluding tert-OH is 1. The molecule has 0 bridgehead atoms. The van der Waals surface area contributed by atoms with Crippen LogP contribution in [0.5, 0.6) is 0 Å². The van der Waals surface area contributed by atoms with Crippen molar-refractivity contribution in [2.45, 2.75) is 12.5 Å². The average molecular weight is 427 g/mol. The molecule has 1 atom stereocenters. The molecule has 0 heterocycles. The van der Waals surface area contributed by atoms with Gasteiger partial charge in [0.25, 0.3) is 0 Å². The van der Waals surface area contributed by atoms with Crippen LogP contribution in [0.15, 0.2) is 36.4 Å². The van der Waals surface area contributed by atoms with Crippen LogP contribution >= 0.6 is 57.4 Å². The van der Waals surface area contributed by atoms with Crippen molar-refractivity contribution < 1.29 is 5.11 Å². The molecule has 2 rings (SSSR count). The highest BCUT2D eigenvalue weighted by Crippen LogP contribution is 2.29. The number of aliphatic hydroxyl groups is 1. The third-order valence-electron chi connectivity index (χ3n) is 2.75. The van der Waals surface area contributed by atoms with Gasteiger partial charge in [-0.2, -0.15) is 0 Å². The highest BCUT2D eigenvalue weighted by Gasteiger charge is 2.14. The first-order valence-electron chi connectivity index (χ1n) is 5.54. The molecule has 0 saturated heterocycles. The van der Waals surface area contributed by atoms with E-state index in [0.717, 1.165) is 14.7 Å². The molecule has 0 spiro atoms. The normalized spacial score (nSPS) is 12.5. The summed E-state index contributed by atoms with van der Waals surface area (Å²) in [4.78, 5) is 0. The fourth-order valence-corrected chi connectivity index (χ4v) is 3.14. The van der Waals surface area contributed by atoms with Crippen LogP contribution in [-0.2, 0) is 6.42 Å². The smallest absolute Gasteiger partial charge is 0.0841 e. The van der Waals surface area contributed by atoms with Gasteiger partial charge in [0.05, 0.1) is 6.10 Å². The summed E-state index contributed by atoms with van der Waals surface area (Å²) < 4.78 is 0.972. The number of hydrogen-bond donors (Lipinski definition) is 1. The Morgan fingerprint density at radius 3 is 2.32 bits per heavy atom. The first-order valence-corrected chi connectivity index (χ1v) is 7.75. The number of rotatable bonds is 3. The molecular formula is C14H10Cl3IO. The van der Waals surface area contributed by atoms with E-state index in [-0.39, 0.29) is 0 Å². The summed E-state index contributed by atoms with van der Waals surface area (Å²) in [5, 5.41) is 12.1. The summed E-state index contributed by atoms with van der Waals surface area (Å²) >= 11 is 20.1. The van der Waals surface area contributed by atoms with Crippen molar-refractivity contribution in [1.29, 1.82) is 0 Å². The number of benzene rings is 2. The SMILES string of the molecule is OC(Cc1ccc(Cl)cc1Cl)c1cc(Cl)ccc1I. The first kappa shape index (κ1) is 15.4. The van der Waals surface area contributed by atoms with E-state index in [0.29, 0.717) is 21.5 Å². The minimum Gasteiger partial charge on any atom is -0.388 e. The van der Waals surface area contributed by atoms with Gasteiger partial charge in [0.2, 0.25) is 0 Å². The highest BCUT2D eigenvalue weighted by molar-refractivity contribution is 14.1. The van der Waals surface area contributed by atoms with E-state index in [1.807, 2.05) is 12.1 Å². The van der Waals surface area contributed by atoms with E-state index in [1.165, 1.54) is 0 Å². The second kappa shape index (κ2) is 6.64. The summed E-state index contributed by atoms with van der Waals surface area (Å²) in [5.41, 5.74) is 1.66. The maximum Gasteiger partial charge on any atom is 0.0841 e.